The van der Waals surface area contributed by atoms with Gasteiger partial charge < -0.3 is 15.4 Å². The van der Waals surface area contributed by atoms with Gasteiger partial charge in [-0.1, -0.05) is 18.2 Å². The first-order chi connectivity index (χ1) is 13.0. The molecular formula is C18H28FIN4O3S. The van der Waals surface area contributed by atoms with Crippen LogP contribution in [-0.2, 0) is 20.2 Å². The Kier molecular flexibility index (Phi) is 8.46. The van der Waals surface area contributed by atoms with Crippen LogP contribution in [-0.4, -0.2) is 70.9 Å². The zero-order valence-corrected chi connectivity index (χ0v) is 19.1. The second kappa shape index (κ2) is 10.2. The molecule has 28 heavy (non-hydrogen) atoms. The number of nitrogens with one attached hydrogen (secondary N) is 2. The number of benzene rings is 1. The van der Waals surface area contributed by atoms with E-state index in [-0.39, 0.29) is 47.5 Å². The molecule has 1 aliphatic carbocycles. The van der Waals surface area contributed by atoms with E-state index in [0.717, 1.165) is 18.4 Å². The number of halogens is 2. The zero-order valence-electron chi connectivity index (χ0n) is 16.0. The van der Waals surface area contributed by atoms with Crippen molar-refractivity contribution in [3.05, 3.63) is 35.6 Å². The first-order valence-electron chi connectivity index (χ1n) is 9.22. The molecule has 2 fully saturated rings. The molecule has 7 nitrogen and oxygen atoms in total. The van der Waals surface area contributed by atoms with Gasteiger partial charge in [0.2, 0.25) is 10.0 Å². The highest BCUT2D eigenvalue weighted by Crippen LogP contribution is 2.48. The minimum atomic E-state index is -3.31. The third kappa shape index (κ3) is 5.77. The Morgan fingerprint density at radius 1 is 1.25 bits per heavy atom. The monoisotopic (exact) mass is 526 g/mol. The lowest BCUT2D eigenvalue weighted by atomic mass is 9.95. The SMILES string of the molecule is CN=C(NCCS(=O)(=O)N1CCOCC1)NCC1(c2ccccc2F)CC1.I. The van der Waals surface area contributed by atoms with Crippen LogP contribution in [0.1, 0.15) is 18.4 Å². The molecule has 158 valence electrons. The minimum absolute atomic E-state index is 0. The number of rotatable bonds is 7. The fourth-order valence-electron chi connectivity index (χ4n) is 3.31. The van der Waals surface area contributed by atoms with Gasteiger partial charge >= 0.3 is 0 Å². The van der Waals surface area contributed by atoms with Crippen LogP contribution in [0.25, 0.3) is 0 Å². The van der Waals surface area contributed by atoms with Crippen molar-refractivity contribution in [1.82, 2.24) is 14.9 Å². The van der Waals surface area contributed by atoms with Gasteiger partial charge in [-0.3, -0.25) is 4.99 Å². The maximum Gasteiger partial charge on any atom is 0.215 e. The van der Waals surface area contributed by atoms with Crippen LogP contribution in [0.3, 0.4) is 0 Å². The van der Waals surface area contributed by atoms with E-state index in [1.807, 2.05) is 12.1 Å². The Hall–Kier alpha value is -0.980. The van der Waals surface area contributed by atoms with E-state index in [0.29, 0.717) is 38.8 Å². The van der Waals surface area contributed by atoms with Gasteiger partial charge in [0.1, 0.15) is 5.82 Å². The molecule has 0 aromatic heterocycles. The van der Waals surface area contributed by atoms with Crippen LogP contribution < -0.4 is 10.6 Å². The molecule has 0 atom stereocenters. The fourth-order valence-corrected chi connectivity index (χ4v) is 4.63. The molecule has 1 saturated carbocycles. The molecule has 1 aromatic carbocycles. The molecule has 0 spiro atoms. The highest BCUT2D eigenvalue weighted by Gasteiger charge is 2.45. The lowest BCUT2D eigenvalue weighted by Crippen LogP contribution is -2.46. The second-order valence-electron chi connectivity index (χ2n) is 6.94. The molecule has 0 radical (unpaired) electrons. The van der Waals surface area contributed by atoms with Gasteiger partial charge in [0, 0.05) is 38.6 Å². The van der Waals surface area contributed by atoms with Crippen LogP contribution in [0.2, 0.25) is 0 Å². The number of nitrogens with zero attached hydrogens (tertiary/aromatic N) is 2. The lowest BCUT2D eigenvalue weighted by molar-refractivity contribution is 0.0730. The van der Waals surface area contributed by atoms with Crippen molar-refractivity contribution < 1.29 is 17.5 Å². The maximum absolute atomic E-state index is 14.1. The largest absolute Gasteiger partial charge is 0.379 e. The number of guanidine groups is 1. The number of sulfonamides is 1. The van der Waals surface area contributed by atoms with Crippen molar-refractivity contribution in [3.63, 3.8) is 0 Å². The molecule has 0 bridgehead atoms. The lowest BCUT2D eigenvalue weighted by Gasteiger charge is -2.26. The van der Waals surface area contributed by atoms with E-state index >= 15 is 0 Å². The number of aliphatic imine (C=N–C) groups is 1. The normalized spacial score (nSPS) is 19.6. The molecule has 1 saturated heterocycles. The van der Waals surface area contributed by atoms with Crippen molar-refractivity contribution in [2.45, 2.75) is 18.3 Å². The topological polar surface area (TPSA) is 83.0 Å². The van der Waals surface area contributed by atoms with Crippen LogP contribution in [0.5, 0.6) is 0 Å². The summed E-state index contributed by atoms with van der Waals surface area (Å²) in [6.45, 7) is 2.50. The van der Waals surface area contributed by atoms with Crippen molar-refractivity contribution in [1.29, 1.82) is 0 Å². The summed E-state index contributed by atoms with van der Waals surface area (Å²) in [4.78, 5) is 4.14. The van der Waals surface area contributed by atoms with Gasteiger partial charge in [0.15, 0.2) is 5.96 Å². The molecular weight excluding hydrogens is 498 g/mol. The number of morpholine rings is 1. The van der Waals surface area contributed by atoms with E-state index < -0.39 is 10.0 Å². The van der Waals surface area contributed by atoms with E-state index in [1.165, 1.54) is 10.4 Å². The molecule has 10 heteroatoms. The highest BCUT2D eigenvalue weighted by atomic mass is 127. The van der Waals surface area contributed by atoms with E-state index in [2.05, 4.69) is 15.6 Å². The van der Waals surface area contributed by atoms with Gasteiger partial charge in [0.25, 0.3) is 0 Å². The minimum Gasteiger partial charge on any atom is -0.379 e. The summed E-state index contributed by atoms with van der Waals surface area (Å²) in [5, 5.41) is 6.25. The number of hydrogen-bond donors (Lipinski definition) is 2. The first kappa shape index (κ1) is 23.3. The number of ether oxygens (including phenoxy) is 1. The summed E-state index contributed by atoms with van der Waals surface area (Å²) in [5.41, 5.74) is 0.519. The second-order valence-corrected chi connectivity index (χ2v) is 9.03. The summed E-state index contributed by atoms with van der Waals surface area (Å²) in [6.07, 6.45) is 1.84. The van der Waals surface area contributed by atoms with Crippen molar-refractivity contribution in [2.75, 3.05) is 52.2 Å². The van der Waals surface area contributed by atoms with E-state index in [9.17, 15) is 12.8 Å². The highest BCUT2D eigenvalue weighted by molar-refractivity contribution is 14.0. The predicted octanol–water partition coefficient (Wildman–Crippen LogP) is 1.30. The van der Waals surface area contributed by atoms with Crippen LogP contribution in [0.15, 0.2) is 29.3 Å². The van der Waals surface area contributed by atoms with Crippen molar-refractivity contribution in [3.8, 4) is 0 Å². The van der Waals surface area contributed by atoms with Gasteiger partial charge in [-0.05, 0) is 24.5 Å². The summed E-state index contributed by atoms with van der Waals surface area (Å²) in [5.74, 6) is 0.331. The van der Waals surface area contributed by atoms with E-state index in [1.54, 1.807) is 13.1 Å². The summed E-state index contributed by atoms with van der Waals surface area (Å²) in [7, 11) is -1.67. The first-order valence-corrected chi connectivity index (χ1v) is 10.8. The molecule has 0 amide bonds. The van der Waals surface area contributed by atoms with Crippen LogP contribution >= 0.6 is 24.0 Å². The van der Waals surface area contributed by atoms with Crippen LogP contribution in [0, 0.1) is 5.82 Å². The Balaban J connectivity index is 0.00000280. The Labute approximate surface area is 183 Å². The average molecular weight is 526 g/mol. The molecule has 1 aromatic rings. The van der Waals surface area contributed by atoms with Gasteiger partial charge in [-0.25, -0.2) is 12.8 Å². The molecule has 1 heterocycles. The van der Waals surface area contributed by atoms with Crippen molar-refractivity contribution in [2.24, 2.45) is 4.99 Å². The maximum atomic E-state index is 14.1. The predicted molar refractivity (Wildman–Crippen MR) is 118 cm³/mol. The van der Waals surface area contributed by atoms with Gasteiger partial charge in [0.05, 0.1) is 19.0 Å². The van der Waals surface area contributed by atoms with Gasteiger partial charge in [-0.2, -0.15) is 4.31 Å². The Bertz CT molecular complexity index is 781. The molecule has 0 unspecified atom stereocenters. The average Bonchev–Trinajstić information content (AvgIpc) is 3.46. The summed E-state index contributed by atoms with van der Waals surface area (Å²) < 4.78 is 45.4. The van der Waals surface area contributed by atoms with Crippen LogP contribution in [0.4, 0.5) is 4.39 Å². The zero-order chi connectivity index (χ0) is 19.3. The number of hydrogen-bond acceptors (Lipinski definition) is 4. The van der Waals surface area contributed by atoms with E-state index in [4.69, 9.17) is 4.74 Å². The molecule has 2 aliphatic rings. The summed E-state index contributed by atoms with van der Waals surface area (Å²) in [6, 6.07) is 6.86. The third-order valence-corrected chi connectivity index (χ3v) is 7.00. The standard InChI is InChI=1S/C18H27FN4O3S.HI/c1-20-17(21-8-13-27(24,25)23-9-11-26-12-10-23)22-14-18(6-7-18)15-4-2-3-5-16(15)19;/h2-5H,6-14H2,1H3,(H2,20,21,22);1H. The summed E-state index contributed by atoms with van der Waals surface area (Å²) >= 11 is 0. The fraction of sp³-hybridized carbons (Fsp3) is 0.611. The van der Waals surface area contributed by atoms with Gasteiger partial charge in [-0.15, -0.1) is 24.0 Å². The third-order valence-electron chi connectivity index (χ3n) is 5.13. The smallest absolute Gasteiger partial charge is 0.215 e. The molecule has 2 N–H and O–H groups in total. The molecule has 1 aliphatic heterocycles. The quantitative estimate of drug-likeness (QED) is 0.318. The Morgan fingerprint density at radius 3 is 2.54 bits per heavy atom. The Morgan fingerprint density at radius 2 is 1.93 bits per heavy atom. The van der Waals surface area contributed by atoms with Crippen molar-refractivity contribution >= 4 is 40.0 Å². The molecule has 3 rings (SSSR count).